The molecule has 3 rings (SSSR count). The number of aromatic amines is 1. The lowest BCUT2D eigenvalue weighted by Gasteiger charge is -2.34. The average molecular weight is 319 g/mol. The SMILES string of the molecule is O=C(CCc1cn[nH]c1)NC1CCN(C(=O)N2CCCC2)CC1. The number of amides is 3. The topological polar surface area (TPSA) is 81.3 Å². The summed E-state index contributed by atoms with van der Waals surface area (Å²) in [7, 11) is 0. The first kappa shape index (κ1) is 15.8. The number of rotatable bonds is 4. The van der Waals surface area contributed by atoms with Crippen molar-refractivity contribution in [2.24, 2.45) is 0 Å². The molecule has 7 nitrogen and oxygen atoms in total. The molecule has 0 bridgehead atoms. The monoisotopic (exact) mass is 319 g/mol. The lowest BCUT2D eigenvalue weighted by Crippen LogP contribution is -2.50. The zero-order valence-electron chi connectivity index (χ0n) is 13.5. The zero-order chi connectivity index (χ0) is 16.1. The van der Waals surface area contributed by atoms with Gasteiger partial charge in [0.15, 0.2) is 0 Å². The van der Waals surface area contributed by atoms with Crippen LogP contribution in [0.1, 0.15) is 37.7 Å². The van der Waals surface area contributed by atoms with E-state index in [1.54, 1.807) is 6.20 Å². The molecule has 0 saturated carbocycles. The van der Waals surface area contributed by atoms with Crippen molar-refractivity contribution in [3.63, 3.8) is 0 Å². The Labute approximate surface area is 136 Å². The van der Waals surface area contributed by atoms with Gasteiger partial charge in [0.05, 0.1) is 6.20 Å². The summed E-state index contributed by atoms with van der Waals surface area (Å²) in [6, 6.07) is 0.363. The molecule has 1 aromatic heterocycles. The molecule has 0 radical (unpaired) electrons. The quantitative estimate of drug-likeness (QED) is 0.873. The summed E-state index contributed by atoms with van der Waals surface area (Å²) in [6.45, 7) is 3.26. The largest absolute Gasteiger partial charge is 0.353 e. The van der Waals surface area contributed by atoms with Gasteiger partial charge in [0.2, 0.25) is 5.91 Å². The first-order valence-electron chi connectivity index (χ1n) is 8.53. The van der Waals surface area contributed by atoms with Crippen LogP contribution in [-0.2, 0) is 11.2 Å². The molecule has 2 aliphatic heterocycles. The number of likely N-dealkylation sites (tertiary alicyclic amines) is 2. The highest BCUT2D eigenvalue weighted by atomic mass is 16.2. The summed E-state index contributed by atoms with van der Waals surface area (Å²) in [5.41, 5.74) is 1.05. The Bertz CT molecular complexity index is 517. The fourth-order valence-electron chi connectivity index (χ4n) is 3.30. The van der Waals surface area contributed by atoms with Crippen LogP contribution >= 0.6 is 0 Å². The van der Waals surface area contributed by atoms with Gasteiger partial charge in [-0.15, -0.1) is 0 Å². The van der Waals surface area contributed by atoms with Crippen LogP contribution in [0.3, 0.4) is 0 Å². The Kier molecular flexibility index (Phi) is 5.15. The molecule has 0 unspecified atom stereocenters. The van der Waals surface area contributed by atoms with Crippen LogP contribution in [0.25, 0.3) is 0 Å². The highest BCUT2D eigenvalue weighted by Crippen LogP contribution is 2.16. The molecule has 2 fully saturated rings. The minimum atomic E-state index is 0.0792. The van der Waals surface area contributed by atoms with E-state index < -0.39 is 0 Å². The van der Waals surface area contributed by atoms with Gasteiger partial charge in [-0.3, -0.25) is 9.89 Å². The molecule has 0 spiro atoms. The van der Waals surface area contributed by atoms with Gasteiger partial charge in [0, 0.05) is 44.8 Å². The maximum Gasteiger partial charge on any atom is 0.319 e. The minimum Gasteiger partial charge on any atom is -0.353 e. The number of H-pyrrole nitrogens is 1. The Balaban J connectivity index is 1.37. The average Bonchev–Trinajstić information content (AvgIpc) is 3.26. The van der Waals surface area contributed by atoms with E-state index in [1.807, 2.05) is 16.0 Å². The molecule has 2 N–H and O–H groups in total. The van der Waals surface area contributed by atoms with Gasteiger partial charge in [0.1, 0.15) is 0 Å². The van der Waals surface area contributed by atoms with Crippen molar-refractivity contribution in [1.82, 2.24) is 25.3 Å². The predicted octanol–water partition coefficient (Wildman–Crippen LogP) is 1.14. The van der Waals surface area contributed by atoms with Crippen LogP contribution in [0.2, 0.25) is 0 Å². The van der Waals surface area contributed by atoms with E-state index in [0.717, 1.165) is 57.4 Å². The van der Waals surface area contributed by atoms with Crippen molar-refractivity contribution in [3.05, 3.63) is 18.0 Å². The number of hydrogen-bond acceptors (Lipinski definition) is 3. The number of hydrogen-bond donors (Lipinski definition) is 2. The molecule has 0 aromatic carbocycles. The van der Waals surface area contributed by atoms with E-state index in [2.05, 4.69) is 15.5 Å². The second-order valence-corrected chi connectivity index (χ2v) is 6.41. The van der Waals surface area contributed by atoms with Crippen LogP contribution in [0.4, 0.5) is 4.79 Å². The van der Waals surface area contributed by atoms with Crippen molar-refractivity contribution < 1.29 is 9.59 Å². The third-order valence-electron chi connectivity index (χ3n) is 4.70. The summed E-state index contributed by atoms with van der Waals surface area (Å²) < 4.78 is 0. The number of carbonyl (C=O) groups is 2. The molecule has 0 aliphatic carbocycles. The van der Waals surface area contributed by atoms with Gasteiger partial charge in [0.25, 0.3) is 0 Å². The molecule has 2 aliphatic rings. The lowest BCUT2D eigenvalue weighted by molar-refractivity contribution is -0.122. The summed E-state index contributed by atoms with van der Waals surface area (Å²) in [5.74, 6) is 0.0792. The third kappa shape index (κ3) is 4.24. The van der Waals surface area contributed by atoms with Crippen molar-refractivity contribution in [1.29, 1.82) is 0 Å². The smallest absolute Gasteiger partial charge is 0.319 e. The Morgan fingerprint density at radius 2 is 1.87 bits per heavy atom. The highest BCUT2D eigenvalue weighted by Gasteiger charge is 2.28. The van der Waals surface area contributed by atoms with E-state index in [1.165, 1.54) is 0 Å². The number of nitrogens with one attached hydrogen (secondary N) is 2. The molecule has 7 heteroatoms. The normalized spacial score (nSPS) is 19.1. The van der Waals surface area contributed by atoms with Crippen LogP contribution in [0.5, 0.6) is 0 Å². The van der Waals surface area contributed by atoms with Crippen LogP contribution in [0.15, 0.2) is 12.4 Å². The molecule has 2 saturated heterocycles. The molecule has 23 heavy (non-hydrogen) atoms. The number of nitrogens with zero attached hydrogens (tertiary/aromatic N) is 3. The molecule has 3 heterocycles. The van der Waals surface area contributed by atoms with Gasteiger partial charge in [-0.2, -0.15) is 5.10 Å². The molecule has 126 valence electrons. The number of piperidine rings is 1. The van der Waals surface area contributed by atoms with Crippen LogP contribution < -0.4 is 5.32 Å². The Hall–Kier alpha value is -2.05. The fourth-order valence-corrected chi connectivity index (χ4v) is 3.30. The van der Waals surface area contributed by atoms with E-state index in [9.17, 15) is 9.59 Å². The van der Waals surface area contributed by atoms with Gasteiger partial charge < -0.3 is 15.1 Å². The molecule has 3 amide bonds. The molecule has 1 aromatic rings. The number of aromatic nitrogens is 2. The van der Waals surface area contributed by atoms with Crippen molar-refractivity contribution >= 4 is 11.9 Å². The van der Waals surface area contributed by atoms with E-state index in [4.69, 9.17) is 0 Å². The predicted molar refractivity (Wildman–Crippen MR) is 85.8 cm³/mol. The number of aryl methyl sites for hydroxylation is 1. The highest BCUT2D eigenvalue weighted by molar-refractivity contribution is 5.77. The Morgan fingerprint density at radius 1 is 1.17 bits per heavy atom. The van der Waals surface area contributed by atoms with Gasteiger partial charge >= 0.3 is 6.03 Å². The first-order valence-corrected chi connectivity index (χ1v) is 8.53. The summed E-state index contributed by atoms with van der Waals surface area (Å²) in [5, 5.41) is 9.71. The molecular weight excluding hydrogens is 294 g/mol. The second kappa shape index (κ2) is 7.48. The van der Waals surface area contributed by atoms with Gasteiger partial charge in [-0.05, 0) is 37.7 Å². The summed E-state index contributed by atoms with van der Waals surface area (Å²) >= 11 is 0. The van der Waals surface area contributed by atoms with Gasteiger partial charge in [-0.25, -0.2) is 4.79 Å². The number of urea groups is 1. The van der Waals surface area contributed by atoms with Crippen molar-refractivity contribution in [2.45, 2.75) is 44.6 Å². The van der Waals surface area contributed by atoms with E-state index in [0.29, 0.717) is 12.8 Å². The fraction of sp³-hybridized carbons (Fsp3) is 0.688. The molecule has 0 atom stereocenters. The van der Waals surface area contributed by atoms with Crippen molar-refractivity contribution in [2.75, 3.05) is 26.2 Å². The molecular formula is C16H25N5O2. The Morgan fingerprint density at radius 3 is 2.52 bits per heavy atom. The minimum absolute atomic E-state index is 0.0792. The lowest BCUT2D eigenvalue weighted by atomic mass is 10.0. The second-order valence-electron chi connectivity index (χ2n) is 6.41. The van der Waals surface area contributed by atoms with E-state index in [-0.39, 0.29) is 18.0 Å². The summed E-state index contributed by atoms with van der Waals surface area (Å²) in [4.78, 5) is 28.2. The number of carbonyl (C=O) groups excluding carboxylic acids is 2. The summed E-state index contributed by atoms with van der Waals surface area (Å²) in [6.07, 6.45) is 8.67. The first-order chi connectivity index (χ1) is 11.2. The zero-order valence-corrected chi connectivity index (χ0v) is 13.5. The van der Waals surface area contributed by atoms with Crippen molar-refractivity contribution in [3.8, 4) is 0 Å². The van der Waals surface area contributed by atoms with Crippen LogP contribution in [0, 0.1) is 0 Å². The maximum absolute atomic E-state index is 12.3. The van der Waals surface area contributed by atoms with Crippen LogP contribution in [-0.4, -0.2) is 64.2 Å². The van der Waals surface area contributed by atoms with Gasteiger partial charge in [-0.1, -0.05) is 0 Å². The standard InChI is InChI=1S/C16H25N5O2/c22-15(4-3-13-11-17-18-12-13)19-14-5-9-21(10-6-14)16(23)20-7-1-2-8-20/h11-12,14H,1-10H2,(H,17,18)(H,19,22). The van der Waals surface area contributed by atoms with E-state index >= 15 is 0 Å². The third-order valence-corrected chi connectivity index (χ3v) is 4.70. The maximum atomic E-state index is 12.3.